The predicted octanol–water partition coefficient (Wildman–Crippen LogP) is 5.22. The van der Waals surface area contributed by atoms with Gasteiger partial charge in [0.05, 0.1) is 39.8 Å². The van der Waals surface area contributed by atoms with Crippen molar-refractivity contribution in [2.24, 2.45) is 0 Å². The summed E-state index contributed by atoms with van der Waals surface area (Å²) < 4.78 is 11.0. The molecule has 31 heavy (non-hydrogen) atoms. The summed E-state index contributed by atoms with van der Waals surface area (Å²) in [5, 5.41) is 10.0. The maximum Gasteiger partial charge on any atom is 0.224 e. The van der Waals surface area contributed by atoms with Crippen LogP contribution in [-0.4, -0.2) is 16.0 Å². The van der Waals surface area contributed by atoms with Crippen molar-refractivity contribution in [3.63, 3.8) is 0 Å². The molecule has 6 nitrogen and oxygen atoms in total. The van der Waals surface area contributed by atoms with Gasteiger partial charge in [-0.3, -0.25) is 4.79 Å². The van der Waals surface area contributed by atoms with Crippen LogP contribution in [-0.2, 0) is 24.4 Å². The molecule has 4 aromatic rings. The van der Waals surface area contributed by atoms with Crippen molar-refractivity contribution in [1.82, 2.24) is 15.5 Å². The van der Waals surface area contributed by atoms with E-state index in [1.54, 1.807) is 22.7 Å². The van der Waals surface area contributed by atoms with E-state index >= 15 is 0 Å². The summed E-state index contributed by atoms with van der Waals surface area (Å²) in [5.74, 6) is 1.50. The first-order valence-electron chi connectivity index (χ1n) is 9.89. The largest absolute Gasteiger partial charge is 0.489 e. The predicted molar refractivity (Wildman–Crippen MR) is 122 cm³/mol. The number of aromatic nitrogens is 2. The first-order valence-corrected chi connectivity index (χ1v) is 11.6. The molecular formula is C23H23N3O3S2. The number of amides is 1. The third-order valence-electron chi connectivity index (χ3n) is 4.85. The number of hydrogen-bond acceptors (Lipinski definition) is 7. The van der Waals surface area contributed by atoms with E-state index in [0.29, 0.717) is 19.6 Å². The number of thiophene rings is 1. The van der Waals surface area contributed by atoms with Gasteiger partial charge in [-0.2, -0.15) is 0 Å². The monoisotopic (exact) mass is 453 g/mol. The Hall–Kier alpha value is -2.97. The van der Waals surface area contributed by atoms with Gasteiger partial charge in [-0.15, -0.1) is 22.7 Å². The molecule has 0 saturated heterocycles. The van der Waals surface area contributed by atoms with E-state index in [0.717, 1.165) is 48.8 Å². The van der Waals surface area contributed by atoms with Crippen molar-refractivity contribution in [2.45, 2.75) is 40.3 Å². The maximum atomic E-state index is 12.3. The molecule has 3 heterocycles. The van der Waals surface area contributed by atoms with Crippen LogP contribution in [0.1, 0.15) is 32.5 Å². The number of hydrogen-bond donors (Lipinski definition) is 1. The molecule has 0 spiro atoms. The smallest absolute Gasteiger partial charge is 0.224 e. The van der Waals surface area contributed by atoms with Gasteiger partial charge in [-0.1, -0.05) is 17.3 Å². The number of ether oxygens (including phenoxy) is 1. The lowest BCUT2D eigenvalue weighted by Gasteiger charge is -2.07. The van der Waals surface area contributed by atoms with Gasteiger partial charge in [0, 0.05) is 10.3 Å². The highest BCUT2D eigenvalue weighted by Gasteiger charge is 2.10. The van der Waals surface area contributed by atoms with Crippen LogP contribution in [0.15, 0.2) is 46.3 Å². The Morgan fingerprint density at radius 2 is 1.94 bits per heavy atom. The first-order chi connectivity index (χ1) is 15.0. The second-order valence-corrected chi connectivity index (χ2v) is 9.44. The van der Waals surface area contributed by atoms with Gasteiger partial charge in [0.25, 0.3) is 0 Å². The van der Waals surface area contributed by atoms with Gasteiger partial charge in [-0.25, -0.2) is 4.98 Å². The molecule has 0 aliphatic carbocycles. The molecule has 0 bridgehead atoms. The number of nitrogens with zero attached hydrogens (tertiary/aromatic N) is 2. The van der Waals surface area contributed by atoms with Crippen LogP contribution in [0.2, 0.25) is 0 Å². The second kappa shape index (κ2) is 9.45. The summed E-state index contributed by atoms with van der Waals surface area (Å²) in [5.41, 5.74) is 3.74. The van der Waals surface area contributed by atoms with Crippen LogP contribution in [0.25, 0.3) is 10.6 Å². The van der Waals surface area contributed by atoms with E-state index in [1.165, 1.54) is 0 Å². The molecular weight excluding hydrogens is 430 g/mol. The minimum absolute atomic E-state index is 0.0103. The highest BCUT2D eigenvalue weighted by molar-refractivity contribution is 7.16. The van der Waals surface area contributed by atoms with Crippen LogP contribution in [0, 0.1) is 20.8 Å². The SMILES string of the molecule is Cc1nc(-c2ccc(CNC(=O)Cc3ccc(OCc4c(C)noc4C)cc3)s2)cs1. The fourth-order valence-corrected chi connectivity index (χ4v) is 4.68. The van der Waals surface area contributed by atoms with E-state index in [4.69, 9.17) is 9.26 Å². The summed E-state index contributed by atoms with van der Waals surface area (Å²) in [6.45, 7) is 6.70. The molecule has 0 fully saturated rings. The topological polar surface area (TPSA) is 77.2 Å². The normalized spacial score (nSPS) is 10.9. The van der Waals surface area contributed by atoms with Crippen LogP contribution >= 0.6 is 22.7 Å². The highest BCUT2D eigenvalue weighted by Crippen LogP contribution is 2.29. The van der Waals surface area contributed by atoms with Crippen LogP contribution < -0.4 is 10.1 Å². The Kier molecular flexibility index (Phi) is 6.48. The zero-order valence-electron chi connectivity index (χ0n) is 17.6. The number of aryl methyl sites for hydroxylation is 3. The number of benzene rings is 1. The molecule has 0 aliphatic heterocycles. The molecule has 160 valence electrons. The average Bonchev–Trinajstić information content (AvgIpc) is 3.47. The van der Waals surface area contributed by atoms with Gasteiger partial charge in [-0.05, 0) is 50.6 Å². The molecule has 0 saturated carbocycles. The van der Waals surface area contributed by atoms with Gasteiger partial charge in [0.1, 0.15) is 18.1 Å². The highest BCUT2D eigenvalue weighted by atomic mass is 32.1. The minimum Gasteiger partial charge on any atom is -0.489 e. The standard InChI is InChI=1S/C23H23N3O3S2/c1-14-20(15(2)29-26-14)12-28-18-6-4-17(5-7-18)10-23(27)24-11-19-8-9-22(31-19)21-13-30-16(3)25-21/h4-9,13H,10-12H2,1-3H3,(H,24,27). The van der Waals surface area contributed by atoms with Crippen molar-refractivity contribution in [3.8, 4) is 16.3 Å². The van der Waals surface area contributed by atoms with Crippen molar-refractivity contribution in [1.29, 1.82) is 0 Å². The average molecular weight is 454 g/mol. The Bertz CT molecular complexity index is 1160. The Labute approximate surface area is 188 Å². The zero-order chi connectivity index (χ0) is 21.8. The van der Waals surface area contributed by atoms with Gasteiger partial charge in [0.2, 0.25) is 5.91 Å². The van der Waals surface area contributed by atoms with E-state index in [-0.39, 0.29) is 5.91 Å². The molecule has 1 aromatic carbocycles. The summed E-state index contributed by atoms with van der Waals surface area (Å²) >= 11 is 3.30. The molecule has 0 radical (unpaired) electrons. The number of carbonyl (C=O) groups is 1. The second-order valence-electron chi connectivity index (χ2n) is 7.21. The third-order valence-corrected chi connectivity index (χ3v) is 6.73. The Morgan fingerprint density at radius 3 is 2.61 bits per heavy atom. The minimum atomic E-state index is -0.0103. The fraction of sp³-hybridized carbons (Fsp3) is 0.261. The van der Waals surface area contributed by atoms with E-state index in [1.807, 2.05) is 51.1 Å². The number of thiazole rings is 1. The summed E-state index contributed by atoms with van der Waals surface area (Å²) in [6, 6.07) is 11.7. The lowest BCUT2D eigenvalue weighted by atomic mass is 10.1. The van der Waals surface area contributed by atoms with Crippen molar-refractivity contribution in [3.05, 3.63) is 74.2 Å². The fourth-order valence-electron chi connectivity index (χ4n) is 3.09. The molecule has 0 unspecified atom stereocenters. The van der Waals surface area contributed by atoms with E-state index in [2.05, 4.69) is 26.9 Å². The molecule has 4 rings (SSSR count). The lowest BCUT2D eigenvalue weighted by molar-refractivity contribution is -0.120. The molecule has 1 amide bonds. The molecule has 0 aliphatic rings. The van der Waals surface area contributed by atoms with E-state index in [9.17, 15) is 4.79 Å². The lowest BCUT2D eigenvalue weighted by Crippen LogP contribution is -2.24. The van der Waals surface area contributed by atoms with Crippen LogP contribution in [0.4, 0.5) is 0 Å². The Balaban J connectivity index is 1.25. The van der Waals surface area contributed by atoms with Gasteiger partial charge < -0.3 is 14.6 Å². The summed E-state index contributed by atoms with van der Waals surface area (Å²) in [4.78, 5) is 19.1. The van der Waals surface area contributed by atoms with Crippen molar-refractivity contribution >= 4 is 28.6 Å². The third kappa shape index (κ3) is 5.39. The molecule has 1 N–H and O–H groups in total. The van der Waals surface area contributed by atoms with E-state index < -0.39 is 0 Å². The summed E-state index contributed by atoms with van der Waals surface area (Å²) in [6.07, 6.45) is 0.327. The van der Waals surface area contributed by atoms with Gasteiger partial charge in [0.15, 0.2) is 0 Å². The van der Waals surface area contributed by atoms with Crippen LogP contribution in [0.3, 0.4) is 0 Å². The molecule has 0 atom stereocenters. The number of nitrogens with one attached hydrogen (secondary N) is 1. The molecule has 8 heteroatoms. The number of carbonyl (C=O) groups excluding carboxylic acids is 1. The van der Waals surface area contributed by atoms with Crippen molar-refractivity contribution in [2.75, 3.05) is 0 Å². The quantitative estimate of drug-likeness (QED) is 0.396. The van der Waals surface area contributed by atoms with Crippen molar-refractivity contribution < 1.29 is 14.1 Å². The first kappa shape index (κ1) is 21.3. The van der Waals surface area contributed by atoms with Crippen LogP contribution in [0.5, 0.6) is 5.75 Å². The summed E-state index contributed by atoms with van der Waals surface area (Å²) in [7, 11) is 0. The molecule has 3 aromatic heterocycles. The van der Waals surface area contributed by atoms with Gasteiger partial charge >= 0.3 is 0 Å². The number of rotatable bonds is 8. The maximum absolute atomic E-state index is 12.3. The zero-order valence-corrected chi connectivity index (χ0v) is 19.2. The Morgan fingerprint density at radius 1 is 1.13 bits per heavy atom.